The van der Waals surface area contributed by atoms with Crippen LogP contribution < -0.4 is 10.6 Å². The van der Waals surface area contributed by atoms with E-state index in [9.17, 15) is 9.59 Å². The molecule has 1 saturated carbocycles. The molecule has 0 saturated heterocycles. The summed E-state index contributed by atoms with van der Waals surface area (Å²) in [6.07, 6.45) is 2.03. The minimum absolute atomic E-state index is 0.0638. The van der Waals surface area contributed by atoms with Crippen molar-refractivity contribution in [2.45, 2.75) is 26.3 Å². The van der Waals surface area contributed by atoms with E-state index in [0.29, 0.717) is 18.7 Å². The highest BCUT2D eigenvalue weighted by atomic mass is 16.2. The second kappa shape index (κ2) is 5.67. The molecular weight excluding hydrogens is 228 g/mol. The molecule has 4 heteroatoms. The quantitative estimate of drug-likeness (QED) is 0.826. The molecule has 0 unspecified atom stereocenters. The van der Waals surface area contributed by atoms with E-state index in [2.05, 4.69) is 10.6 Å². The van der Waals surface area contributed by atoms with Gasteiger partial charge in [-0.3, -0.25) is 9.59 Å². The molecule has 2 rings (SSSR count). The first kappa shape index (κ1) is 12.6. The van der Waals surface area contributed by atoms with Gasteiger partial charge in [0.05, 0.1) is 0 Å². The SMILES string of the molecule is CCNC(=O)c1ccc(CNC(=O)C2CC2)cc1. The number of hydrogen-bond donors (Lipinski definition) is 2. The van der Waals surface area contributed by atoms with Crippen LogP contribution in [0.3, 0.4) is 0 Å². The van der Waals surface area contributed by atoms with Crippen LogP contribution >= 0.6 is 0 Å². The Morgan fingerprint density at radius 2 is 1.83 bits per heavy atom. The Bertz CT molecular complexity index is 436. The Morgan fingerprint density at radius 1 is 1.17 bits per heavy atom. The van der Waals surface area contributed by atoms with Gasteiger partial charge in [0.25, 0.3) is 5.91 Å². The molecule has 1 aromatic carbocycles. The second-order valence-corrected chi connectivity index (χ2v) is 4.55. The van der Waals surface area contributed by atoms with Crippen LogP contribution in [0.25, 0.3) is 0 Å². The van der Waals surface area contributed by atoms with E-state index in [4.69, 9.17) is 0 Å². The molecule has 0 aromatic heterocycles. The molecule has 0 aliphatic heterocycles. The third-order valence-electron chi connectivity index (χ3n) is 2.97. The van der Waals surface area contributed by atoms with Gasteiger partial charge in [-0.05, 0) is 37.5 Å². The third-order valence-corrected chi connectivity index (χ3v) is 2.97. The van der Waals surface area contributed by atoms with E-state index in [0.717, 1.165) is 18.4 Å². The van der Waals surface area contributed by atoms with Crippen LogP contribution in [-0.4, -0.2) is 18.4 Å². The Labute approximate surface area is 107 Å². The van der Waals surface area contributed by atoms with Crippen LogP contribution in [-0.2, 0) is 11.3 Å². The number of rotatable bonds is 5. The van der Waals surface area contributed by atoms with Crippen LogP contribution in [0, 0.1) is 5.92 Å². The molecule has 2 amide bonds. The number of carbonyl (C=O) groups excluding carboxylic acids is 2. The summed E-state index contributed by atoms with van der Waals surface area (Å²) in [7, 11) is 0. The number of amides is 2. The minimum atomic E-state index is -0.0638. The molecule has 4 nitrogen and oxygen atoms in total. The zero-order chi connectivity index (χ0) is 13.0. The van der Waals surface area contributed by atoms with Crippen molar-refractivity contribution < 1.29 is 9.59 Å². The largest absolute Gasteiger partial charge is 0.352 e. The molecule has 1 aliphatic carbocycles. The van der Waals surface area contributed by atoms with Crippen LogP contribution in [0.2, 0.25) is 0 Å². The predicted octanol–water partition coefficient (Wildman–Crippen LogP) is 1.46. The normalized spacial score (nSPS) is 14.1. The first-order valence-electron chi connectivity index (χ1n) is 6.35. The molecule has 96 valence electrons. The molecule has 0 bridgehead atoms. The highest BCUT2D eigenvalue weighted by molar-refractivity contribution is 5.94. The zero-order valence-corrected chi connectivity index (χ0v) is 10.5. The summed E-state index contributed by atoms with van der Waals surface area (Å²) in [6.45, 7) is 3.04. The van der Waals surface area contributed by atoms with Crippen molar-refractivity contribution in [2.24, 2.45) is 5.92 Å². The van der Waals surface area contributed by atoms with Crippen molar-refractivity contribution in [3.8, 4) is 0 Å². The fourth-order valence-corrected chi connectivity index (χ4v) is 1.72. The number of nitrogens with one attached hydrogen (secondary N) is 2. The van der Waals surface area contributed by atoms with Gasteiger partial charge in [0.2, 0.25) is 5.91 Å². The van der Waals surface area contributed by atoms with Crippen molar-refractivity contribution in [3.63, 3.8) is 0 Å². The number of hydrogen-bond acceptors (Lipinski definition) is 2. The average molecular weight is 246 g/mol. The van der Waals surface area contributed by atoms with Gasteiger partial charge in [0.15, 0.2) is 0 Å². The van der Waals surface area contributed by atoms with Gasteiger partial charge < -0.3 is 10.6 Å². The van der Waals surface area contributed by atoms with Crippen molar-refractivity contribution in [2.75, 3.05) is 6.54 Å². The first-order valence-corrected chi connectivity index (χ1v) is 6.35. The maximum Gasteiger partial charge on any atom is 0.251 e. The lowest BCUT2D eigenvalue weighted by Crippen LogP contribution is -2.24. The summed E-state index contributed by atoms with van der Waals surface area (Å²) < 4.78 is 0. The van der Waals surface area contributed by atoms with Gasteiger partial charge in [-0.1, -0.05) is 12.1 Å². The third kappa shape index (κ3) is 3.32. The zero-order valence-electron chi connectivity index (χ0n) is 10.5. The maximum atomic E-state index is 11.5. The van der Waals surface area contributed by atoms with Gasteiger partial charge in [0, 0.05) is 24.6 Å². The van der Waals surface area contributed by atoms with Crippen molar-refractivity contribution >= 4 is 11.8 Å². The second-order valence-electron chi connectivity index (χ2n) is 4.55. The standard InChI is InChI=1S/C14H18N2O2/c1-2-15-13(17)11-5-3-10(4-6-11)9-16-14(18)12-7-8-12/h3-6,12H,2,7-9H2,1H3,(H,15,17)(H,16,18). The fraction of sp³-hybridized carbons (Fsp3) is 0.429. The van der Waals surface area contributed by atoms with E-state index in [1.807, 2.05) is 19.1 Å². The minimum Gasteiger partial charge on any atom is -0.352 e. The monoisotopic (exact) mass is 246 g/mol. The van der Waals surface area contributed by atoms with Gasteiger partial charge in [0.1, 0.15) is 0 Å². The topological polar surface area (TPSA) is 58.2 Å². The van der Waals surface area contributed by atoms with Gasteiger partial charge in [-0.15, -0.1) is 0 Å². The Morgan fingerprint density at radius 3 is 2.39 bits per heavy atom. The van der Waals surface area contributed by atoms with E-state index in [-0.39, 0.29) is 17.7 Å². The van der Waals surface area contributed by atoms with Gasteiger partial charge >= 0.3 is 0 Å². The molecule has 1 aromatic rings. The van der Waals surface area contributed by atoms with Crippen molar-refractivity contribution in [1.82, 2.24) is 10.6 Å². The Hall–Kier alpha value is -1.84. The number of benzene rings is 1. The first-order chi connectivity index (χ1) is 8.70. The lowest BCUT2D eigenvalue weighted by molar-refractivity contribution is -0.122. The number of carbonyl (C=O) groups is 2. The van der Waals surface area contributed by atoms with Crippen LogP contribution in [0.15, 0.2) is 24.3 Å². The van der Waals surface area contributed by atoms with E-state index in [1.165, 1.54) is 0 Å². The highest BCUT2D eigenvalue weighted by Crippen LogP contribution is 2.28. The molecule has 0 atom stereocenters. The van der Waals surface area contributed by atoms with Crippen molar-refractivity contribution in [3.05, 3.63) is 35.4 Å². The average Bonchev–Trinajstić information content (AvgIpc) is 3.21. The summed E-state index contributed by atoms with van der Waals surface area (Å²) in [4.78, 5) is 23.0. The summed E-state index contributed by atoms with van der Waals surface area (Å²) >= 11 is 0. The van der Waals surface area contributed by atoms with Crippen LogP contribution in [0.4, 0.5) is 0 Å². The van der Waals surface area contributed by atoms with Gasteiger partial charge in [-0.2, -0.15) is 0 Å². The van der Waals surface area contributed by atoms with Crippen LogP contribution in [0.1, 0.15) is 35.7 Å². The smallest absolute Gasteiger partial charge is 0.251 e. The highest BCUT2D eigenvalue weighted by Gasteiger charge is 2.29. The van der Waals surface area contributed by atoms with Crippen molar-refractivity contribution in [1.29, 1.82) is 0 Å². The van der Waals surface area contributed by atoms with E-state index in [1.54, 1.807) is 12.1 Å². The maximum absolute atomic E-state index is 11.5. The van der Waals surface area contributed by atoms with Crippen LogP contribution in [0.5, 0.6) is 0 Å². The summed E-state index contributed by atoms with van der Waals surface area (Å²) in [5, 5.41) is 5.64. The lowest BCUT2D eigenvalue weighted by Gasteiger charge is -2.06. The Balaban J connectivity index is 1.86. The van der Waals surface area contributed by atoms with E-state index < -0.39 is 0 Å². The van der Waals surface area contributed by atoms with Gasteiger partial charge in [-0.25, -0.2) is 0 Å². The molecule has 0 spiro atoms. The predicted molar refractivity (Wildman–Crippen MR) is 69.0 cm³/mol. The molecule has 0 radical (unpaired) electrons. The summed E-state index contributed by atoms with van der Waals surface area (Å²) in [6, 6.07) is 7.31. The molecule has 18 heavy (non-hydrogen) atoms. The molecule has 1 fully saturated rings. The van der Waals surface area contributed by atoms with E-state index >= 15 is 0 Å². The Kier molecular flexibility index (Phi) is 3.97. The fourth-order valence-electron chi connectivity index (χ4n) is 1.72. The molecule has 0 heterocycles. The molecule has 1 aliphatic rings. The summed E-state index contributed by atoms with van der Waals surface area (Å²) in [5.74, 6) is 0.313. The lowest BCUT2D eigenvalue weighted by atomic mass is 10.1. The molecular formula is C14H18N2O2. The molecule has 2 N–H and O–H groups in total. The summed E-state index contributed by atoms with van der Waals surface area (Å²) in [5.41, 5.74) is 1.66.